The summed E-state index contributed by atoms with van der Waals surface area (Å²) in [4.78, 5) is 27.9. The molecule has 0 aliphatic rings. The summed E-state index contributed by atoms with van der Waals surface area (Å²) in [6.07, 6.45) is 1.33. The molecule has 1 aromatic carbocycles. The van der Waals surface area contributed by atoms with Crippen molar-refractivity contribution in [2.24, 2.45) is 0 Å². The number of nitrogens with zero attached hydrogens (tertiary/aromatic N) is 2. The van der Waals surface area contributed by atoms with E-state index in [4.69, 9.17) is 17.3 Å². The Morgan fingerprint density at radius 3 is 2.90 bits per heavy atom. The highest BCUT2D eigenvalue weighted by molar-refractivity contribution is 9.10. The third-order valence-electron chi connectivity index (χ3n) is 2.75. The SMILES string of the molecule is Cc1ncn(CC(=O)Nc2ccc(Cl)c(N)c2)c(=O)c1Br. The van der Waals surface area contributed by atoms with Crippen LogP contribution in [0.2, 0.25) is 5.02 Å². The molecule has 21 heavy (non-hydrogen) atoms. The number of aryl methyl sites for hydroxylation is 1. The predicted octanol–water partition coefficient (Wildman–Crippen LogP) is 2.19. The van der Waals surface area contributed by atoms with Crippen molar-refractivity contribution in [2.75, 3.05) is 11.1 Å². The number of hydrogen-bond acceptors (Lipinski definition) is 4. The number of nitrogens with one attached hydrogen (secondary N) is 1. The highest BCUT2D eigenvalue weighted by atomic mass is 79.9. The maximum absolute atomic E-state index is 11.9. The molecule has 0 aliphatic carbocycles. The molecule has 0 saturated carbocycles. The summed E-state index contributed by atoms with van der Waals surface area (Å²) in [6.45, 7) is 1.56. The van der Waals surface area contributed by atoms with Gasteiger partial charge in [-0.15, -0.1) is 0 Å². The lowest BCUT2D eigenvalue weighted by Gasteiger charge is -2.09. The second-order valence-electron chi connectivity index (χ2n) is 4.36. The second kappa shape index (κ2) is 6.28. The predicted molar refractivity (Wildman–Crippen MR) is 85.4 cm³/mol. The minimum absolute atomic E-state index is 0.146. The van der Waals surface area contributed by atoms with Crippen LogP contribution < -0.4 is 16.6 Å². The molecule has 1 heterocycles. The van der Waals surface area contributed by atoms with Crippen LogP contribution in [0.1, 0.15) is 5.69 Å². The monoisotopic (exact) mass is 370 g/mol. The van der Waals surface area contributed by atoms with E-state index in [-0.39, 0.29) is 18.0 Å². The van der Waals surface area contributed by atoms with Crippen molar-refractivity contribution in [3.05, 3.63) is 50.1 Å². The van der Waals surface area contributed by atoms with E-state index in [2.05, 4.69) is 26.2 Å². The van der Waals surface area contributed by atoms with E-state index >= 15 is 0 Å². The molecule has 6 nitrogen and oxygen atoms in total. The number of aromatic nitrogens is 2. The fraction of sp³-hybridized carbons (Fsp3) is 0.154. The lowest BCUT2D eigenvalue weighted by molar-refractivity contribution is -0.116. The molecule has 1 amide bonds. The molecule has 0 radical (unpaired) electrons. The maximum atomic E-state index is 11.9. The molecule has 2 aromatic rings. The van der Waals surface area contributed by atoms with Gasteiger partial charge in [-0.3, -0.25) is 14.2 Å². The van der Waals surface area contributed by atoms with Crippen molar-refractivity contribution >= 4 is 44.8 Å². The molecule has 0 atom stereocenters. The second-order valence-corrected chi connectivity index (χ2v) is 5.56. The van der Waals surface area contributed by atoms with Crippen LogP contribution in [0.3, 0.4) is 0 Å². The zero-order valence-electron chi connectivity index (χ0n) is 11.1. The summed E-state index contributed by atoms with van der Waals surface area (Å²) in [5.41, 5.74) is 6.79. The number of nitrogen functional groups attached to an aromatic ring is 1. The first-order chi connectivity index (χ1) is 9.88. The first kappa shape index (κ1) is 15.5. The van der Waals surface area contributed by atoms with Crippen LogP contribution in [0.4, 0.5) is 11.4 Å². The van der Waals surface area contributed by atoms with Crippen molar-refractivity contribution in [1.82, 2.24) is 9.55 Å². The number of carbonyl (C=O) groups excluding carboxylic acids is 1. The lowest BCUT2D eigenvalue weighted by Crippen LogP contribution is -2.28. The average Bonchev–Trinajstić information content (AvgIpc) is 2.44. The molecular weight excluding hydrogens is 360 g/mol. The van der Waals surface area contributed by atoms with Crippen LogP contribution in [-0.2, 0) is 11.3 Å². The van der Waals surface area contributed by atoms with Gasteiger partial charge < -0.3 is 11.1 Å². The maximum Gasteiger partial charge on any atom is 0.268 e. The lowest BCUT2D eigenvalue weighted by atomic mass is 10.3. The third-order valence-corrected chi connectivity index (χ3v) is 4.01. The van der Waals surface area contributed by atoms with Crippen LogP contribution >= 0.6 is 27.5 Å². The zero-order valence-corrected chi connectivity index (χ0v) is 13.4. The van der Waals surface area contributed by atoms with E-state index in [1.54, 1.807) is 25.1 Å². The van der Waals surface area contributed by atoms with Gasteiger partial charge in [0, 0.05) is 5.69 Å². The number of benzene rings is 1. The normalized spacial score (nSPS) is 10.4. The summed E-state index contributed by atoms with van der Waals surface area (Å²) < 4.78 is 1.56. The third kappa shape index (κ3) is 3.62. The fourth-order valence-electron chi connectivity index (χ4n) is 1.64. The largest absolute Gasteiger partial charge is 0.397 e. The number of anilines is 2. The molecule has 110 valence electrons. The topological polar surface area (TPSA) is 90.0 Å². The Bertz CT molecular complexity index is 760. The highest BCUT2D eigenvalue weighted by Gasteiger charge is 2.10. The van der Waals surface area contributed by atoms with E-state index in [1.165, 1.54) is 10.9 Å². The number of hydrogen-bond donors (Lipinski definition) is 2. The summed E-state index contributed by atoms with van der Waals surface area (Å²) in [7, 11) is 0. The highest BCUT2D eigenvalue weighted by Crippen LogP contribution is 2.22. The Kier molecular flexibility index (Phi) is 4.64. The Morgan fingerprint density at radius 2 is 2.24 bits per heavy atom. The number of nitrogens with two attached hydrogens (primary N) is 1. The van der Waals surface area contributed by atoms with Gasteiger partial charge in [-0.2, -0.15) is 0 Å². The van der Waals surface area contributed by atoms with Gasteiger partial charge in [-0.25, -0.2) is 4.98 Å². The standard InChI is InChI=1S/C13H12BrClN4O2/c1-7-12(14)13(21)19(6-17-7)5-11(20)18-8-2-3-9(15)10(16)4-8/h2-4,6H,5,16H2,1H3,(H,18,20). The zero-order chi connectivity index (χ0) is 15.6. The molecule has 1 aromatic heterocycles. The van der Waals surface area contributed by atoms with Crippen molar-refractivity contribution in [2.45, 2.75) is 13.5 Å². The molecule has 0 unspecified atom stereocenters. The molecule has 0 aliphatic heterocycles. The first-order valence-corrected chi connectivity index (χ1v) is 7.12. The smallest absolute Gasteiger partial charge is 0.268 e. The van der Waals surface area contributed by atoms with Crippen molar-refractivity contribution in [1.29, 1.82) is 0 Å². The van der Waals surface area contributed by atoms with Crippen LogP contribution in [-0.4, -0.2) is 15.5 Å². The molecule has 3 N–H and O–H groups in total. The van der Waals surface area contributed by atoms with Crippen molar-refractivity contribution < 1.29 is 4.79 Å². The fourth-order valence-corrected chi connectivity index (χ4v) is 2.08. The Morgan fingerprint density at radius 1 is 1.52 bits per heavy atom. The van der Waals surface area contributed by atoms with E-state index in [9.17, 15) is 9.59 Å². The van der Waals surface area contributed by atoms with Crippen molar-refractivity contribution in [3.8, 4) is 0 Å². The van der Waals surface area contributed by atoms with Gasteiger partial charge in [-0.1, -0.05) is 11.6 Å². The van der Waals surface area contributed by atoms with Crippen LogP contribution in [0.5, 0.6) is 0 Å². The average molecular weight is 372 g/mol. The number of rotatable bonds is 3. The van der Waals surface area contributed by atoms with Gasteiger partial charge in [-0.05, 0) is 41.1 Å². The molecule has 2 rings (SSSR count). The van der Waals surface area contributed by atoms with Gasteiger partial charge in [0.05, 0.1) is 22.7 Å². The van der Waals surface area contributed by atoms with Crippen LogP contribution in [0.15, 0.2) is 33.8 Å². The van der Waals surface area contributed by atoms with Gasteiger partial charge in [0.2, 0.25) is 5.91 Å². The molecule has 0 bridgehead atoms. The van der Waals surface area contributed by atoms with E-state index in [0.29, 0.717) is 26.6 Å². The summed E-state index contributed by atoms with van der Waals surface area (Å²) in [5, 5.41) is 3.05. The minimum atomic E-state index is -0.364. The number of halogens is 2. The van der Waals surface area contributed by atoms with Gasteiger partial charge >= 0.3 is 0 Å². The van der Waals surface area contributed by atoms with Gasteiger partial charge in [0.15, 0.2) is 0 Å². The quantitative estimate of drug-likeness (QED) is 0.809. The van der Waals surface area contributed by atoms with E-state index in [1.807, 2.05) is 0 Å². The van der Waals surface area contributed by atoms with Crippen molar-refractivity contribution in [3.63, 3.8) is 0 Å². The van der Waals surface area contributed by atoms with E-state index < -0.39 is 0 Å². The summed E-state index contributed by atoms with van der Waals surface area (Å²) in [6, 6.07) is 4.76. The van der Waals surface area contributed by atoms with E-state index in [0.717, 1.165) is 0 Å². The van der Waals surface area contributed by atoms with Gasteiger partial charge in [0.1, 0.15) is 11.0 Å². The molecule has 0 spiro atoms. The summed E-state index contributed by atoms with van der Waals surface area (Å²) >= 11 is 8.95. The number of amides is 1. The van der Waals surface area contributed by atoms with Crippen LogP contribution in [0.25, 0.3) is 0 Å². The molecular formula is C13H12BrClN4O2. The molecule has 0 saturated heterocycles. The van der Waals surface area contributed by atoms with Crippen LogP contribution in [0, 0.1) is 6.92 Å². The number of carbonyl (C=O) groups is 1. The molecule has 0 fully saturated rings. The summed E-state index contributed by atoms with van der Waals surface area (Å²) in [5.74, 6) is -0.364. The first-order valence-electron chi connectivity index (χ1n) is 5.95. The van der Waals surface area contributed by atoms with Gasteiger partial charge in [0.25, 0.3) is 5.56 Å². The Balaban J connectivity index is 2.14. The minimum Gasteiger partial charge on any atom is -0.397 e. The Hall–Kier alpha value is -1.86. The Labute approximate surface area is 134 Å². The molecule has 8 heteroatoms.